The molecule has 0 radical (unpaired) electrons. The molecule has 4 rings (SSSR count). The second-order valence-electron chi connectivity index (χ2n) is 9.14. The van der Waals surface area contributed by atoms with Gasteiger partial charge in [0.25, 0.3) is 0 Å². The van der Waals surface area contributed by atoms with Gasteiger partial charge in [0.15, 0.2) is 0 Å². The highest BCUT2D eigenvalue weighted by molar-refractivity contribution is 5.85. The Morgan fingerprint density at radius 2 is 1.83 bits per heavy atom. The lowest BCUT2D eigenvalue weighted by molar-refractivity contribution is -0.124. The molecule has 29 heavy (non-hydrogen) atoms. The molecule has 1 aromatic heterocycles. The van der Waals surface area contributed by atoms with Gasteiger partial charge in [-0.3, -0.25) is 4.79 Å². The van der Waals surface area contributed by atoms with Gasteiger partial charge in [0.2, 0.25) is 5.91 Å². The fraction of sp³-hybridized carbons (Fsp3) is 0.545. The maximum absolute atomic E-state index is 12.8. The minimum atomic E-state index is -0.505. The van der Waals surface area contributed by atoms with Gasteiger partial charge in [-0.1, -0.05) is 18.2 Å². The lowest BCUT2D eigenvalue weighted by Crippen LogP contribution is -2.39. The number of piperidine rings is 1. The van der Waals surface area contributed by atoms with Crippen LogP contribution in [0.15, 0.2) is 24.3 Å². The number of aryl methyl sites for hydroxylation is 1. The average molecular weight is 396 g/mol. The Morgan fingerprint density at radius 1 is 1.17 bits per heavy atom. The van der Waals surface area contributed by atoms with Crippen LogP contribution in [0.4, 0.5) is 4.79 Å². The molecule has 4 atom stereocenters. The Balaban J connectivity index is 1.38. The van der Waals surface area contributed by atoms with Gasteiger partial charge in [0.05, 0.1) is 17.3 Å². The molecular formula is C22H28N4O3. The van der Waals surface area contributed by atoms with Crippen molar-refractivity contribution in [3.8, 4) is 0 Å². The largest absolute Gasteiger partial charge is 0.444 e. The van der Waals surface area contributed by atoms with Crippen LogP contribution >= 0.6 is 0 Å². The predicted molar refractivity (Wildman–Crippen MR) is 109 cm³/mol. The van der Waals surface area contributed by atoms with Crippen LogP contribution in [0.5, 0.6) is 0 Å². The SMILES string of the molecule is Cc1nc(C(C)NC(=O)C2[C@H]3CN(C(=O)OC(C)(C)C)C[C@@H]23)c2ccccc2n1. The Kier molecular flexibility index (Phi) is 4.71. The highest BCUT2D eigenvalue weighted by atomic mass is 16.6. The number of rotatable bonds is 3. The number of carbonyl (C=O) groups is 2. The van der Waals surface area contributed by atoms with E-state index in [1.165, 1.54) is 0 Å². The van der Waals surface area contributed by atoms with Gasteiger partial charge in [0.1, 0.15) is 11.4 Å². The molecule has 1 saturated heterocycles. The molecule has 1 aromatic carbocycles. The van der Waals surface area contributed by atoms with Crippen LogP contribution in [-0.4, -0.2) is 45.6 Å². The summed E-state index contributed by atoms with van der Waals surface area (Å²) in [5, 5.41) is 4.08. The molecule has 2 unspecified atom stereocenters. The number of hydrogen-bond donors (Lipinski definition) is 1. The summed E-state index contributed by atoms with van der Waals surface area (Å²) in [5.74, 6) is 1.13. The van der Waals surface area contributed by atoms with Crippen molar-refractivity contribution in [2.24, 2.45) is 17.8 Å². The van der Waals surface area contributed by atoms with E-state index in [1.54, 1.807) is 4.90 Å². The first-order valence-electron chi connectivity index (χ1n) is 10.2. The molecule has 2 heterocycles. The lowest BCUT2D eigenvalue weighted by atomic mass is 10.1. The number of nitrogens with one attached hydrogen (secondary N) is 1. The zero-order chi connectivity index (χ0) is 20.9. The summed E-state index contributed by atoms with van der Waals surface area (Å²) >= 11 is 0. The fourth-order valence-electron chi connectivity index (χ4n) is 4.32. The number of carbonyl (C=O) groups excluding carboxylic acids is 2. The van der Waals surface area contributed by atoms with Crippen molar-refractivity contribution in [1.82, 2.24) is 20.2 Å². The molecular weight excluding hydrogens is 368 g/mol. The van der Waals surface area contributed by atoms with E-state index in [1.807, 2.05) is 58.9 Å². The molecule has 7 heteroatoms. The standard InChI is InChI=1S/C22H28N4O3/c1-12(19-14-8-6-7-9-17(14)24-13(2)25-19)23-20(27)18-15-10-26(11-16(15)18)21(28)29-22(3,4)5/h6-9,12,15-16,18H,10-11H2,1-5H3,(H,23,27)/t12?,15-,16+,18?. The predicted octanol–water partition coefficient (Wildman–Crippen LogP) is 3.23. The molecule has 2 aliphatic rings. The summed E-state index contributed by atoms with van der Waals surface area (Å²) in [6, 6.07) is 7.63. The summed E-state index contributed by atoms with van der Waals surface area (Å²) in [6.07, 6.45) is -0.292. The molecule has 2 aromatic rings. The Hall–Kier alpha value is -2.70. The first kappa shape index (κ1) is 19.6. The summed E-state index contributed by atoms with van der Waals surface area (Å²) in [4.78, 5) is 35.8. The second kappa shape index (κ2) is 6.97. The first-order chi connectivity index (χ1) is 13.6. The Labute approximate surface area is 170 Å². The Bertz CT molecular complexity index is 956. The second-order valence-corrected chi connectivity index (χ2v) is 9.14. The van der Waals surface area contributed by atoms with Crippen molar-refractivity contribution in [1.29, 1.82) is 0 Å². The molecule has 7 nitrogen and oxygen atoms in total. The van der Waals surface area contributed by atoms with E-state index in [4.69, 9.17) is 4.74 Å². The van der Waals surface area contributed by atoms with Crippen LogP contribution in [-0.2, 0) is 9.53 Å². The maximum Gasteiger partial charge on any atom is 0.410 e. The molecule has 1 saturated carbocycles. The van der Waals surface area contributed by atoms with E-state index >= 15 is 0 Å². The summed E-state index contributed by atoms with van der Waals surface area (Å²) < 4.78 is 5.43. The number of likely N-dealkylation sites (tertiary alicyclic amines) is 1. The van der Waals surface area contributed by atoms with Crippen molar-refractivity contribution in [3.63, 3.8) is 0 Å². The summed E-state index contributed by atoms with van der Waals surface area (Å²) in [5.41, 5.74) is 1.21. The number of fused-ring (bicyclic) bond motifs is 2. The van der Waals surface area contributed by atoms with E-state index in [2.05, 4.69) is 15.3 Å². The van der Waals surface area contributed by atoms with Crippen molar-refractivity contribution < 1.29 is 14.3 Å². The quantitative estimate of drug-likeness (QED) is 0.861. The molecule has 0 bridgehead atoms. The third-order valence-corrected chi connectivity index (χ3v) is 5.66. The van der Waals surface area contributed by atoms with Crippen LogP contribution in [0, 0.1) is 24.7 Å². The van der Waals surface area contributed by atoms with Gasteiger partial charge >= 0.3 is 6.09 Å². The van der Waals surface area contributed by atoms with Crippen molar-refractivity contribution >= 4 is 22.9 Å². The smallest absolute Gasteiger partial charge is 0.410 e. The molecule has 0 spiro atoms. The molecule has 1 N–H and O–H groups in total. The van der Waals surface area contributed by atoms with E-state index in [-0.39, 0.29) is 35.8 Å². The number of para-hydroxylation sites is 1. The van der Waals surface area contributed by atoms with Crippen molar-refractivity contribution in [2.75, 3.05) is 13.1 Å². The lowest BCUT2D eigenvalue weighted by Gasteiger charge is -2.26. The van der Waals surface area contributed by atoms with Crippen molar-refractivity contribution in [2.45, 2.75) is 46.3 Å². The minimum Gasteiger partial charge on any atom is -0.444 e. The van der Waals surface area contributed by atoms with E-state index in [0.717, 1.165) is 16.6 Å². The third-order valence-electron chi connectivity index (χ3n) is 5.66. The zero-order valence-electron chi connectivity index (χ0n) is 17.6. The number of benzene rings is 1. The molecule has 2 fully saturated rings. The number of aromatic nitrogens is 2. The van der Waals surface area contributed by atoms with Gasteiger partial charge in [-0.2, -0.15) is 0 Å². The van der Waals surface area contributed by atoms with Crippen LogP contribution in [0.3, 0.4) is 0 Å². The monoisotopic (exact) mass is 396 g/mol. The normalized spacial score (nSPS) is 24.2. The van der Waals surface area contributed by atoms with Crippen molar-refractivity contribution in [3.05, 3.63) is 35.8 Å². The average Bonchev–Trinajstić information content (AvgIpc) is 3.13. The number of amides is 2. The van der Waals surface area contributed by atoms with Crippen LogP contribution in [0.2, 0.25) is 0 Å². The topological polar surface area (TPSA) is 84.4 Å². The minimum absolute atomic E-state index is 0.0367. The summed E-state index contributed by atoms with van der Waals surface area (Å²) in [6.45, 7) is 10.6. The zero-order valence-corrected chi connectivity index (χ0v) is 17.6. The van der Waals surface area contributed by atoms with E-state index in [0.29, 0.717) is 18.9 Å². The van der Waals surface area contributed by atoms with Gasteiger partial charge < -0.3 is 15.0 Å². The number of hydrogen-bond acceptors (Lipinski definition) is 5. The third kappa shape index (κ3) is 3.91. The van der Waals surface area contributed by atoms with Crippen LogP contribution in [0.1, 0.15) is 45.3 Å². The molecule has 1 aliphatic carbocycles. The van der Waals surface area contributed by atoms with E-state index in [9.17, 15) is 9.59 Å². The maximum atomic E-state index is 12.8. The van der Waals surface area contributed by atoms with Gasteiger partial charge in [-0.05, 0) is 52.5 Å². The molecule has 1 aliphatic heterocycles. The van der Waals surface area contributed by atoms with Crippen LogP contribution in [0.25, 0.3) is 10.9 Å². The van der Waals surface area contributed by atoms with E-state index < -0.39 is 5.60 Å². The first-order valence-corrected chi connectivity index (χ1v) is 10.2. The molecule has 2 amide bonds. The molecule has 154 valence electrons. The van der Waals surface area contributed by atoms with Gasteiger partial charge in [0, 0.05) is 24.4 Å². The number of nitrogens with zero attached hydrogens (tertiary/aromatic N) is 3. The van der Waals surface area contributed by atoms with Crippen LogP contribution < -0.4 is 5.32 Å². The number of ether oxygens (including phenoxy) is 1. The highest BCUT2D eigenvalue weighted by Gasteiger charge is 2.60. The van der Waals surface area contributed by atoms with Gasteiger partial charge in [-0.15, -0.1) is 0 Å². The summed E-state index contributed by atoms with van der Waals surface area (Å²) in [7, 11) is 0. The Morgan fingerprint density at radius 3 is 2.48 bits per heavy atom. The fourth-order valence-corrected chi connectivity index (χ4v) is 4.32. The van der Waals surface area contributed by atoms with Gasteiger partial charge in [-0.25, -0.2) is 14.8 Å². The highest BCUT2D eigenvalue weighted by Crippen LogP contribution is 2.52.